The van der Waals surface area contributed by atoms with Crippen LogP contribution in [0.5, 0.6) is 0 Å². The van der Waals surface area contributed by atoms with Crippen molar-refractivity contribution < 1.29 is 23.9 Å². The molecule has 37 heavy (non-hydrogen) atoms. The van der Waals surface area contributed by atoms with Gasteiger partial charge in [0, 0.05) is 19.0 Å². The summed E-state index contributed by atoms with van der Waals surface area (Å²) in [5, 5.41) is 16.7. The molecule has 0 spiro atoms. The molecule has 0 radical (unpaired) electrons. The number of aliphatic carboxylic acids is 1. The van der Waals surface area contributed by atoms with Gasteiger partial charge in [-0.15, -0.1) is 0 Å². The number of hydrogen-bond donors (Lipinski definition) is 2. The average molecular weight is 507 g/mol. The summed E-state index contributed by atoms with van der Waals surface area (Å²) >= 11 is 0. The smallest absolute Gasteiger partial charge is 0.309 e. The van der Waals surface area contributed by atoms with Crippen LogP contribution in [0, 0.1) is 29.5 Å². The van der Waals surface area contributed by atoms with Crippen molar-refractivity contribution in [3.05, 3.63) is 64.9 Å². The Morgan fingerprint density at radius 1 is 1.11 bits per heavy atom. The number of carbonyl (C=O) groups excluding carboxylic acids is 2. The third-order valence-corrected chi connectivity index (χ3v) is 8.85. The second-order valence-corrected chi connectivity index (χ2v) is 10.9. The minimum Gasteiger partial charge on any atom is -0.481 e. The van der Waals surface area contributed by atoms with Crippen LogP contribution in [0.2, 0.25) is 0 Å². The maximum absolute atomic E-state index is 13.5. The zero-order valence-electron chi connectivity index (χ0n) is 21.1. The van der Waals surface area contributed by atoms with Crippen LogP contribution in [0.4, 0.5) is 4.39 Å². The van der Waals surface area contributed by atoms with Gasteiger partial charge in [0.1, 0.15) is 17.2 Å². The fraction of sp³-hybridized carbons (Fsp3) is 0.464. The third kappa shape index (κ3) is 4.51. The van der Waals surface area contributed by atoms with Crippen molar-refractivity contribution in [1.82, 2.24) is 19.9 Å². The number of carboxylic acid groups (broad SMARTS) is 1. The normalized spacial score (nSPS) is 23.6. The number of fused-ring (bicyclic) bond motifs is 4. The van der Waals surface area contributed by atoms with Crippen LogP contribution in [0.1, 0.15) is 84.0 Å². The number of Topliss-reactive ketones (excluding diaryl/α,β-unsaturated/α-hetero) is 1. The van der Waals surface area contributed by atoms with Crippen LogP contribution in [0.3, 0.4) is 0 Å². The lowest BCUT2D eigenvalue weighted by molar-refractivity contribution is -0.161. The van der Waals surface area contributed by atoms with E-state index in [9.17, 15) is 23.9 Å². The Kier molecular flexibility index (Phi) is 6.33. The van der Waals surface area contributed by atoms with E-state index in [2.05, 4.69) is 22.3 Å². The topological polar surface area (TPSA) is 114 Å². The van der Waals surface area contributed by atoms with Crippen LogP contribution in [0.25, 0.3) is 5.65 Å². The molecule has 3 aliphatic carbocycles. The number of amides is 1. The van der Waals surface area contributed by atoms with Gasteiger partial charge in [0.25, 0.3) is 5.91 Å². The van der Waals surface area contributed by atoms with Crippen LogP contribution in [0.15, 0.2) is 36.5 Å². The molecule has 9 heteroatoms. The Morgan fingerprint density at radius 3 is 2.46 bits per heavy atom. The molecule has 3 saturated carbocycles. The molecule has 1 unspecified atom stereocenters. The van der Waals surface area contributed by atoms with Gasteiger partial charge in [0.15, 0.2) is 11.4 Å². The minimum atomic E-state index is -0.692. The van der Waals surface area contributed by atoms with Crippen molar-refractivity contribution in [2.75, 3.05) is 0 Å². The summed E-state index contributed by atoms with van der Waals surface area (Å²) in [5.74, 6) is -1.48. The van der Waals surface area contributed by atoms with E-state index in [0.29, 0.717) is 36.2 Å². The van der Waals surface area contributed by atoms with Crippen molar-refractivity contribution in [3.63, 3.8) is 0 Å². The first-order valence-corrected chi connectivity index (χ1v) is 12.8. The fourth-order valence-electron chi connectivity index (χ4n) is 6.19. The van der Waals surface area contributed by atoms with Crippen LogP contribution >= 0.6 is 0 Å². The molecule has 1 amide bonds. The maximum atomic E-state index is 13.5. The van der Waals surface area contributed by atoms with Crippen molar-refractivity contribution in [2.24, 2.45) is 16.7 Å². The summed E-state index contributed by atoms with van der Waals surface area (Å²) in [4.78, 5) is 42.6. The first kappa shape index (κ1) is 25.0. The summed E-state index contributed by atoms with van der Waals surface area (Å²) in [6, 6.07) is 7.78. The standard InChI is InChI=1S/C28H31FN4O4/c1-17-13-19(3-4-20(17)29)16-30-25(35)21-15-22(33-24(32-21)5-12-31-33)23(34)14-18(2)27-6-9-28(10-7-27,11-8-27)26(36)37/h3-5,12-13,15,18H,6-11,14,16H2,1-2H3,(H,30,35)(H,36,37). The van der Waals surface area contributed by atoms with E-state index in [1.807, 2.05) is 0 Å². The number of carboxylic acids is 1. The maximum Gasteiger partial charge on any atom is 0.309 e. The van der Waals surface area contributed by atoms with E-state index < -0.39 is 17.3 Å². The van der Waals surface area contributed by atoms with E-state index in [-0.39, 0.29) is 41.6 Å². The van der Waals surface area contributed by atoms with Crippen molar-refractivity contribution >= 4 is 23.3 Å². The Bertz CT molecular complexity index is 1370. The highest BCUT2D eigenvalue weighted by atomic mass is 19.1. The molecule has 3 aromatic rings. The van der Waals surface area contributed by atoms with E-state index in [1.54, 1.807) is 25.1 Å². The number of aromatic nitrogens is 3. The summed E-state index contributed by atoms with van der Waals surface area (Å²) in [5.41, 5.74) is 1.45. The molecule has 8 nitrogen and oxygen atoms in total. The van der Waals surface area contributed by atoms with Gasteiger partial charge in [0.2, 0.25) is 0 Å². The van der Waals surface area contributed by atoms with Gasteiger partial charge in [-0.2, -0.15) is 5.10 Å². The monoisotopic (exact) mass is 506 g/mol. The number of ketones is 1. The van der Waals surface area contributed by atoms with Crippen LogP contribution < -0.4 is 5.32 Å². The highest BCUT2D eigenvalue weighted by molar-refractivity contribution is 5.99. The van der Waals surface area contributed by atoms with Gasteiger partial charge < -0.3 is 10.4 Å². The third-order valence-electron chi connectivity index (χ3n) is 8.85. The Hall–Kier alpha value is -3.62. The van der Waals surface area contributed by atoms with Gasteiger partial charge in [-0.25, -0.2) is 13.9 Å². The Balaban J connectivity index is 1.32. The number of hydrogen-bond acceptors (Lipinski definition) is 5. The first-order valence-electron chi connectivity index (χ1n) is 12.8. The molecule has 2 N–H and O–H groups in total. The predicted molar refractivity (Wildman–Crippen MR) is 134 cm³/mol. The van der Waals surface area contributed by atoms with Crippen LogP contribution in [-0.2, 0) is 11.3 Å². The molecular weight excluding hydrogens is 475 g/mol. The largest absolute Gasteiger partial charge is 0.481 e. The van der Waals surface area contributed by atoms with Gasteiger partial charge in [-0.05, 0) is 80.0 Å². The van der Waals surface area contributed by atoms with Gasteiger partial charge in [-0.3, -0.25) is 14.4 Å². The van der Waals surface area contributed by atoms with Gasteiger partial charge >= 0.3 is 5.97 Å². The molecular formula is C28H31FN4O4. The summed E-state index contributed by atoms with van der Waals surface area (Å²) < 4.78 is 15.0. The fourth-order valence-corrected chi connectivity index (χ4v) is 6.19. The summed E-state index contributed by atoms with van der Waals surface area (Å²) in [7, 11) is 0. The quantitative estimate of drug-likeness (QED) is 0.427. The Labute approximate surface area is 214 Å². The molecule has 0 aliphatic heterocycles. The number of carbonyl (C=O) groups is 3. The van der Waals surface area contributed by atoms with Gasteiger partial charge in [0.05, 0.1) is 11.6 Å². The lowest BCUT2D eigenvalue weighted by Crippen LogP contribution is -2.48. The van der Waals surface area contributed by atoms with E-state index in [4.69, 9.17) is 0 Å². The molecule has 2 aromatic heterocycles. The molecule has 2 bridgehead atoms. The molecule has 3 fully saturated rings. The number of rotatable bonds is 8. The second-order valence-electron chi connectivity index (χ2n) is 10.9. The SMILES string of the molecule is Cc1cc(CNC(=O)c2cc(C(=O)CC(C)C34CCC(C(=O)O)(CC3)CC4)n3nccc3n2)ccc1F. The molecule has 1 aromatic carbocycles. The molecule has 1 atom stereocenters. The summed E-state index contributed by atoms with van der Waals surface area (Å²) in [6.07, 6.45) is 6.27. The number of aryl methyl sites for hydroxylation is 1. The minimum absolute atomic E-state index is 0.0311. The molecule has 0 saturated heterocycles. The second kappa shape index (κ2) is 9.36. The van der Waals surface area contributed by atoms with E-state index in [0.717, 1.165) is 24.8 Å². The molecule has 194 valence electrons. The highest BCUT2D eigenvalue weighted by Gasteiger charge is 2.54. The lowest BCUT2D eigenvalue weighted by Gasteiger charge is -2.54. The number of benzene rings is 1. The number of nitrogens with zero attached hydrogens (tertiary/aromatic N) is 3. The van der Waals surface area contributed by atoms with Crippen molar-refractivity contribution in [1.29, 1.82) is 0 Å². The van der Waals surface area contributed by atoms with Crippen molar-refractivity contribution in [2.45, 2.75) is 65.3 Å². The van der Waals surface area contributed by atoms with Crippen molar-refractivity contribution in [3.8, 4) is 0 Å². The van der Waals surface area contributed by atoms with E-state index in [1.165, 1.54) is 22.8 Å². The zero-order valence-corrected chi connectivity index (χ0v) is 21.1. The summed E-state index contributed by atoms with van der Waals surface area (Å²) in [6.45, 7) is 3.95. The Morgan fingerprint density at radius 2 is 1.81 bits per heavy atom. The van der Waals surface area contributed by atoms with Gasteiger partial charge in [-0.1, -0.05) is 19.1 Å². The molecule has 6 rings (SSSR count). The average Bonchev–Trinajstić information content (AvgIpc) is 3.38. The van der Waals surface area contributed by atoms with E-state index >= 15 is 0 Å². The highest BCUT2D eigenvalue weighted by Crippen LogP contribution is 2.60. The molecule has 3 aliphatic rings. The molecule has 2 heterocycles. The first-order chi connectivity index (χ1) is 17.6. The number of nitrogens with one attached hydrogen (secondary N) is 1. The van der Waals surface area contributed by atoms with Crippen LogP contribution in [-0.4, -0.2) is 37.4 Å². The predicted octanol–water partition coefficient (Wildman–Crippen LogP) is 4.74. The zero-order chi connectivity index (χ0) is 26.4. The number of halogens is 1. The lowest BCUT2D eigenvalue weighted by atomic mass is 9.50.